The number of hydrogen-bond acceptors (Lipinski definition) is 6. The molecule has 0 saturated carbocycles. The van der Waals surface area contributed by atoms with E-state index in [1.165, 1.54) is 13.2 Å². The number of carbonyl (C=O) groups excluding carboxylic acids is 1. The molecule has 3 heterocycles. The van der Waals surface area contributed by atoms with Crippen LogP contribution in [0.5, 0.6) is 11.5 Å². The number of Topliss-reactive ketones (excluding diaryl/α,β-unsaturated/α-hetero) is 1. The molecule has 3 aliphatic rings. The van der Waals surface area contributed by atoms with Gasteiger partial charge in [-0.2, -0.15) is 0 Å². The predicted octanol–water partition coefficient (Wildman–Crippen LogP) is 2.28. The lowest BCUT2D eigenvalue weighted by Gasteiger charge is -2.12. The molecule has 1 aromatic carbocycles. The molecule has 1 aromatic heterocycles. The van der Waals surface area contributed by atoms with Crippen LogP contribution in [-0.4, -0.2) is 19.2 Å². The Hall–Kier alpha value is -2.76. The van der Waals surface area contributed by atoms with E-state index >= 15 is 0 Å². The average Bonchev–Trinajstić information content (AvgIpc) is 3.16. The van der Waals surface area contributed by atoms with Crippen LogP contribution in [0.4, 0.5) is 0 Å². The van der Waals surface area contributed by atoms with Crippen LogP contribution in [0, 0.1) is 0 Å². The Kier molecular flexibility index (Phi) is 1.58. The molecule has 4 atom stereocenters. The van der Waals surface area contributed by atoms with E-state index in [2.05, 4.69) is 0 Å². The van der Waals surface area contributed by atoms with Gasteiger partial charge in [-0.05, 0) is 18.0 Å². The largest absolute Gasteiger partial charge is 0.496 e. The van der Waals surface area contributed by atoms with Crippen LogP contribution in [0.15, 0.2) is 27.6 Å². The number of ketones is 1. The van der Waals surface area contributed by atoms with Crippen molar-refractivity contribution in [3.8, 4) is 11.5 Å². The summed E-state index contributed by atoms with van der Waals surface area (Å²) >= 11 is 0. The summed E-state index contributed by atoms with van der Waals surface area (Å²) in [7, 11) is 1.27. The summed E-state index contributed by atoms with van der Waals surface area (Å²) in [6, 6.07) is -0.265. The number of ether oxygens (including phenoxy) is 3. The van der Waals surface area contributed by atoms with Crippen LogP contribution >= 0.6 is 0 Å². The van der Waals surface area contributed by atoms with Crippen molar-refractivity contribution < 1.29 is 30.3 Å². The second-order valence-corrected chi connectivity index (χ2v) is 5.23. The molecule has 116 valence electrons. The number of rotatable bonds is 1. The quantitative estimate of drug-likeness (QED) is 0.593. The van der Waals surface area contributed by atoms with Gasteiger partial charge in [0.05, 0.1) is 31.6 Å². The number of aryl methyl sites for hydroxylation is 1. The first-order valence-electron chi connectivity index (χ1n) is 9.49. The first-order valence-corrected chi connectivity index (χ1v) is 6.84. The van der Waals surface area contributed by atoms with E-state index < -0.39 is 42.0 Å². The van der Waals surface area contributed by atoms with Crippen molar-refractivity contribution >= 4 is 16.8 Å². The Labute approximate surface area is 137 Å². The summed E-state index contributed by atoms with van der Waals surface area (Å²) in [5.74, 6) is -2.76. The van der Waals surface area contributed by atoms with Crippen molar-refractivity contribution in [1.82, 2.24) is 0 Å². The number of fused-ring (bicyclic) bond motifs is 7. The van der Waals surface area contributed by atoms with E-state index in [4.69, 9.17) is 25.5 Å². The van der Waals surface area contributed by atoms with Gasteiger partial charge in [0.15, 0.2) is 5.78 Å². The van der Waals surface area contributed by atoms with Gasteiger partial charge in [-0.25, -0.2) is 4.79 Å². The fourth-order valence-corrected chi connectivity index (χ4v) is 3.11. The van der Waals surface area contributed by atoms with E-state index in [1.807, 2.05) is 0 Å². The molecule has 0 N–H and O–H groups in total. The highest BCUT2D eigenvalue weighted by atomic mass is 18.1. The highest BCUT2D eigenvalue weighted by molar-refractivity contribution is 6.06. The van der Waals surface area contributed by atoms with Gasteiger partial charge in [-0.3, -0.25) is 4.79 Å². The number of methoxy groups -OCH3 is 1. The fraction of sp³-hybridized carbons (Fsp3) is 0.294. The number of carbonyl (C=O) groups is 1. The van der Waals surface area contributed by atoms with Crippen LogP contribution in [0.3, 0.4) is 0 Å². The van der Waals surface area contributed by atoms with Crippen molar-refractivity contribution in [3.05, 3.63) is 45.5 Å². The molecular weight excluding hydrogens is 302 g/mol. The molecule has 6 heteroatoms. The highest BCUT2D eigenvalue weighted by Crippen LogP contribution is 2.50. The molecule has 2 aromatic rings. The van der Waals surface area contributed by atoms with E-state index in [1.54, 1.807) is 0 Å². The Morgan fingerprint density at radius 2 is 2.39 bits per heavy atom. The first kappa shape index (κ1) is 8.76. The molecule has 1 aliphatic carbocycles. The molecular formula is C17H12O6. The molecule has 0 spiro atoms. The van der Waals surface area contributed by atoms with Crippen LogP contribution in [0.2, 0.25) is 0 Å². The molecule has 4 unspecified atom stereocenters. The number of hydrogen-bond donors (Lipinski definition) is 0. The van der Waals surface area contributed by atoms with Gasteiger partial charge in [0.1, 0.15) is 24.0 Å². The van der Waals surface area contributed by atoms with Gasteiger partial charge in [0.25, 0.3) is 6.29 Å². The Balaban J connectivity index is 2.00. The zero-order valence-corrected chi connectivity index (χ0v) is 11.8. The van der Waals surface area contributed by atoms with Crippen molar-refractivity contribution in [3.63, 3.8) is 0 Å². The van der Waals surface area contributed by atoms with Crippen LogP contribution in [0.1, 0.15) is 40.6 Å². The summed E-state index contributed by atoms with van der Waals surface area (Å²) in [6.45, 7) is 0. The minimum Gasteiger partial charge on any atom is -0.496 e. The number of benzene rings is 1. The van der Waals surface area contributed by atoms with E-state index in [0.717, 1.165) is 0 Å². The summed E-state index contributed by atoms with van der Waals surface area (Å²) in [6.07, 6.45) is -3.25. The SMILES string of the molecule is [2H]C1=CC2([2H])c3c(c([2H])c(OC)c4c5c(c(=[18O])oc34)C(=O)C([2H])C5[2H])OC2O1. The lowest BCUT2D eigenvalue weighted by molar-refractivity contribution is -0.00485. The first-order chi connectivity index (χ1) is 13.2. The van der Waals surface area contributed by atoms with E-state index in [-0.39, 0.29) is 45.9 Å². The smallest absolute Gasteiger partial charge is 0.347 e. The lowest BCUT2D eigenvalue weighted by atomic mass is 9.95. The standard InChI is InChI=1S/C17H12O6/c1-20-10-6-11-14(8-4-5-21-17(8)22-11)15-13(10)7-2-3-9(18)12(7)16(19)23-15/h4-6,8,17H,2-3H2,1H3/i2D,3D,5D,6D,8D,19+2. The fourth-order valence-electron chi connectivity index (χ4n) is 3.11. The average molecular weight is 319 g/mol. The zero-order valence-electron chi connectivity index (χ0n) is 16.8. The minimum atomic E-state index is -1.75. The lowest BCUT2D eigenvalue weighted by Crippen LogP contribution is -2.14. The third kappa shape index (κ3) is 1.48. The van der Waals surface area contributed by atoms with Gasteiger partial charge < -0.3 is 18.6 Å². The van der Waals surface area contributed by atoms with Crippen molar-refractivity contribution in [2.75, 3.05) is 7.11 Å². The van der Waals surface area contributed by atoms with Gasteiger partial charge in [0.2, 0.25) is 0 Å². The van der Waals surface area contributed by atoms with E-state index in [9.17, 15) is 9.59 Å². The Morgan fingerprint density at radius 1 is 1.52 bits per heavy atom. The summed E-state index contributed by atoms with van der Waals surface area (Å²) in [5, 5.41) is 0.0201. The molecule has 0 fully saturated rings. The van der Waals surface area contributed by atoms with Gasteiger partial charge in [0, 0.05) is 16.6 Å². The second-order valence-electron chi connectivity index (χ2n) is 5.23. The van der Waals surface area contributed by atoms with Gasteiger partial charge in [-0.1, -0.05) is 0 Å². The molecule has 0 radical (unpaired) electrons. The van der Waals surface area contributed by atoms with Crippen molar-refractivity contribution in [2.45, 2.75) is 25.0 Å². The zero-order chi connectivity index (χ0) is 20.1. The Bertz CT molecular complexity index is 1190. The predicted molar refractivity (Wildman–Crippen MR) is 79.1 cm³/mol. The van der Waals surface area contributed by atoms with Gasteiger partial charge in [-0.15, -0.1) is 0 Å². The molecule has 6 nitrogen and oxygen atoms in total. The maximum Gasteiger partial charge on any atom is 0.347 e. The monoisotopic (exact) mass is 319 g/mol. The molecule has 2 aliphatic heterocycles. The molecule has 0 saturated heterocycles. The van der Waals surface area contributed by atoms with Crippen LogP contribution in [0.25, 0.3) is 11.0 Å². The third-order valence-electron chi connectivity index (χ3n) is 4.08. The molecule has 0 bridgehead atoms. The topological polar surface area (TPSA) is 75.0 Å². The van der Waals surface area contributed by atoms with Crippen LogP contribution in [-0.2, 0) is 11.1 Å². The Morgan fingerprint density at radius 3 is 3.22 bits per heavy atom. The highest BCUT2D eigenvalue weighted by Gasteiger charge is 2.41. The maximum absolute atomic E-state index is 12.5. The molecule has 23 heavy (non-hydrogen) atoms. The summed E-state index contributed by atoms with van der Waals surface area (Å²) < 4.78 is 62.4. The van der Waals surface area contributed by atoms with Crippen molar-refractivity contribution in [2.24, 2.45) is 0 Å². The summed E-state index contributed by atoms with van der Waals surface area (Å²) in [4.78, 5) is 24.9. The van der Waals surface area contributed by atoms with Crippen LogP contribution < -0.4 is 15.1 Å². The second kappa shape index (κ2) is 4.16. The normalized spacial score (nSPS) is 36.6. The van der Waals surface area contributed by atoms with Crippen molar-refractivity contribution in [1.29, 1.82) is 0 Å². The van der Waals surface area contributed by atoms with Gasteiger partial charge >= 0.3 is 5.63 Å². The maximum atomic E-state index is 12.5. The molecule has 0 amide bonds. The third-order valence-corrected chi connectivity index (χ3v) is 4.08. The minimum absolute atomic E-state index is 0.00599. The van der Waals surface area contributed by atoms with E-state index in [0.29, 0.717) is 0 Å². The summed E-state index contributed by atoms with van der Waals surface area (Å²) in [5.41, 5.74) is -1.65. The molecule has 5 rings (SSSR count).